The van der Waals surface area contributed by atoms with Gasteiger partial charge in [-0.1, -0.05) is 30.7 Å². The Balaban J connectivity index is 2.07. The first-order valence-electron chi connectivity index (χ1n) is 7.27. The zero-order valence-corrected chi connectivity index (χ0v) is 12.1. The van der Waals surface area contributed by atoms with Crippen LogP contribution in [0.1, 0.15) is 37.3 Å². The number of piperidine rings is 1. The summed E-state index contributed by atoms with van der Waals surface area (Å²) in [5.41, 5.74) is 8.53. The van der Waals surface area contributed by atoms with Crippen molar-refractivity contribution in [1.29, 1.82) is 0 Å². The van der Waals surface area contributed by atoms with Gasteiger partial charge in [-0.3, -0.25) is 4.90 Å². The molecule has 1 aromatic carbocycles. The van der Waals surface area contributed by atoms with Crippen LogP contribution in [0.15, 0.2) is 24.3 Å². The molecule has 2 N–H and O–H groups in total. The molecule has 0 bridgehead atoms. The molecule has 1 fully saturated rings. The molecule has 3 heteroatoms. The number of hydrogen-bond donors (Lipinski definition) is 1. The van der Waals surface area contributed by atoms with E-state index in [-0.39, 0.29) is 0 Å². The van der Waals surface area contributed by atoms with Crippen molar-refractivity contribution < 1.29 is 4.74 Å². The minimum atomic E-state index is 0.537. The van der Waals surface area contributed by atoms with E-state index in [1.807, 2.05) is 0 Å². The summed E-state index contributed by atoms with van der Waals surface area (Å²) >= 11 is 0. The molecule has 3 nitrogen and oxygen atoms in total. The molecule has 0 aliphatic carbocycles. The molecule has 0 radical (unpaired) electrons. The van der Waals surface area contributed by atoms with Crippen molar-refractivity contribution >= 4 is 0 Å². The zero-order chi connectivity index (χ0) is 13.7. The molecule has 19 heavy (non-hydrogen) atoms. The lowest BCUT2D eigenvalue weighted by atomic mass is 9.95. The Morgan fingerprint density at radius 1 is 1.32 bits per heavy atom. The van der Waals surface area contributed by atoms with Crippen LogP contribution in [0.3, 0.4) is 0 Å². The average Bonchev–Trinajstić information content (AvgIpc) is 2.42. The van der Waals surface area contributed by atoms with E-state index in [2.05, 4.69) is 36.1 Å². The van der Waals surface area contributed by atoms with Crippen molar-refractivity contribution in [3.8, 4) is 0 Å². The van der Waals surface area contributed by atoms with Gasteiger partial charge in [-0.25, -0.2) is 0 Å². The molecule has 1 aliphatic rings. The van der Waals surface area contributed by atoms with Crippen LogP contribution in [0.4, 0.5) is 0 Å². The first kappa shape index (κ1) is 14.5. The topological polar surface area (TPSA) is 38.5 Å². The van der Waals surface area contributed by atoms with Crippen LogP contribution in [-0.4, -0.2) is 30.6 Å². The van der Waals surface area contributed by atoms with Crippen molar-refractivity contribution in [2.24, 2.45) is 5.73 Å². The molecule has 0 spiro atoms. The highest BCUT2D eigenvalue weighted by Crippen LogP contribution is 2.24. The third kappa shape index (κ3) is 3.78. The number of likely N-dealkylation sites (tertiary alicyclic amines) is 1. The van der Waals surface area contributed by atoms with Crippen molar-refractivity contribution in [3.63, 3.8) is 0 Å². The van der Waals surface area contributed by atoms with Crippen LogP contribution >= 0.6 is 0 Å². The van der Waals surface area contributed by atoms with Gasteiger partial charge in [-0.15, -0.1) is 0 Å². The molecule has 2 rings (SSSR count). The molecular weight excluding hydrogens is 236 g/mol. The lowest BCUT2D eigenvalue weighted by Gasteiger charge is -2.40. The Morgan fingerprint density at radius 3 is 2.84 bits per heavy atom. The molecule has 0 amide bonds. The van der Waals surface area contributed by atoms with E-state index < -0.39 is 0 Å². The molecule has 0 saturated carbocycles. The van der Waals surface area contributed by atoms with Gasteiger partial charge in [0.15, 0.2) is 0 Å². The number of ether oxygens (including phenoxy) is 1. The van der Waals surface area contributed by atoms with Gasteiger partial charge in [0.2, 0.25) is 0 Å². The predicted octanol–water partition coefficient (Wildman–Crippen LogP) is 2.53. The van der Waals surface area contributed by atoms with Gasteiger partial charge >= 0.3 is 0 Å². The second-order valence-electron chi connectivity index (χ2n) is 5.59. The molecule has 0 aromatic heterocycles. The summed E-state index contributed by atoms with van der Waals surface area (Å²) in [4.78, 5) is 2.56. The quantitative estimate of drug-likeness (QED) is 0.886. The van der Waals surface area contributed by atoms with Gasteiger partial charge in [-0.2, -0.15) is 0 Å². The largest absolute Gasteiger partial charge is 0.380 e. The molecule has 2 unspecified atom stereocenters. The van der Waals surface area contributed by atoms with E-state index >= 15 is 0 Å². The minimum absolute atomic E-state index is 0.537. The van der Waals surface area contributed by atoms with Gasteiger partial charge in [0.25, 0.3) is 0 Å². The van der Waals surface area contributed by atoms with E-state index in [1.165, 1.54) is 30.4 Å². The highest BCUT2D eigenvalue weighted by atomic mass is 16.5. The zero-order valence-electron chi connectivity index (χ0n) is 12.1. The van der Waals surface area contributed by atoms with Crippen molar-refractivity contribution in [1.82, 2.24) is 4.90 Å². The van der Waals surface area contributed by atoms with Crippen LogP contribution in [0.25, 0.3) is 0 Å². The second kappa shape index (κ2) is 7.04. The highest BCUT2D eigenvalue weighted by molar-refractivity contribution is 5.23. The number of benzene rings is 1. The first-order chi connectivity index (χ1) is 9.24. The Labute approximate surface area is 116 Å². The van der Waals surface area contributed by atoms with Crippen molar-refractivity contribution in [2.75, 3.05) is 13.7 Å². The number of nitrogens with zero attached hydrogens (tertiary/aromatic N) is 1. The molecule has 1 saturated heterocycles. The number of hydrogen-bond acceptors (Lipinski definition) is 3. The molecular formula is C16H26N2O. The maximum absolute atomic E-state index is 5.93. The standard InChI is InChI=1S/C16H26N2O/c1-13-5-3-8-16(10-17)18(13)11-14-6-4-7-15(9-14)12-19-2/h4,6-7,9,13,16H,3,5,8,10-12,17H2,1-2H3. The second-order valence-corrected chi connectivity index (χ2v) is 5.59. The van der Waals surface area contributed by atoms with Crippen LogP contribution < -0.4 is 5.73 Å². The summed E-state index contributed by atoms with van der Waals surface area (Å²) in [6, 6.07) is 9.86. The third-order valence-electron chi connectivity index (χ3n) is 4.13. The summed E-state index contributed by atoms with van der Waals surface area (Å²) in [5, 5.41) is 0. The van der Waals surface area contributed by atoms with E-state index in [1.54, 1.807) is 7.11 Å². The third-order valence-corrected chi connectivity index (χ3v) is 4.13. The lowest BCUT2D eigenvalue weighted by molar-refractivity contribution is 0.0891. The Morgan fingerprint density at radius 2 is 2.11 bits per heavy atom. The van der Waals surface area contributed by atoms with E-state index in [0.29, 0.717) is 18.7 Å². The maximum atomic E-state index is 5.93. The fourth-order valence-corrected chi connectivity index (χ4v) is 3.07. The number of nitrogens with two attached hydrogens (primary N) is 1. The monoisotopic (exact) mass is 262 g/mol. The first-order valence-corrected chi connectivity index (χ1v) is 7.27. The van der Waals surface area contributed by atoms with Crippen LogP contribution in [0.2, 0.25) is 0 Å². The Kier molecular flexibility index (Phi) is 5.37. The van der Waals surface area contributed by atoms with E-state index in [0.717, 1.165) is 13.1 Å². The highest BCUT2D eigenvalue weighted by Gasteiger charge is 2.26. The number of methoxy groups -OCH3 is 1. The summed E-state index contributed by atoms with van der Waals surface area (Å²) < 4.78 is 5.20. The molecule has 1 aliphatic heterocycles. The molecule has 106 valence electrons. The van der Waals surface area contributed by atoms with Crippen molar-refractivity contribution in [3.05, 3.63) is 35.4 Å². The summed E-state index contributed by atoms with van der Waals surface area (Å²) in [7, 11) is 1.74. The lowest BCUT2D eigenvalue weighted by Crippen LogP contribution is -2.48. The van der Waals surface area contributed by atoms with Crippen molar-refractivity contribution in [2.45, 2.75) is 51.4 Å². The van der Waals surface area contributed by atoms with E-state index in [9.17, 15) is 0 Å². The van der Waals surface area contributed by atoms with Crippen LogP contribution in [0, 0.1) is 0 Å². The van der Waals surface area contributed by atoms with Gasteiger partial charge in [0.05, 0.1) is 6.61 Å². The Hall–Kier alpha value is -0.900. The van der Waals surface area contributed by atoms with Crippen LogP contribution in [0.5, 0.6) is 0 Å². The predicted molar refractivity (Wildman–Crippen MR) is 78.9 cm³/mol. The Bertz CT molecular complexity index is 394. The fourth-order valence-electron chi connectivity index (χ4n) is 3.07. The minimum Gasteiger partial charge on any atom is -0.380 e. The fraction of sp³-hybridized carbons (Fsp3) is 0.625. The average molecular weight is 262 g/mol. The summed E-state index contributed by atoms with van der Waals surface area (Å²) in [6.45, 7) is 4.77. The van der Waals surface area contributed by atoms with Gasteiger partial charge < -0.3 is 10.5 Å². The van der Waals surface area contributed by atoms with Crippen LogP contribution in [-0.2, 0) is 17.9 Å². The smallest absolute Gasteiger partial charge is 0.0713 e. The SMILES string of the molecule is COCc1cccc(CN2C(C)CCCC2CN)c1. The van der Waals surface area contributed by atoms with Gasteiger partial charge in [0, 0.05) is 32.3 Å². The van der Waals surface area contributed by atoms with E-state index in [4.69, 9.17) is 10.5 Å². The molecule has 1 aromatic rings. The maximum Gasteiger partial charge on any atom is 0.0713 e. The summed E-state index contributed by atoms with van der Waals surface area (Å²) in [6.07, 6.45) is 3.83. The number of rotatable bonds is 5. The van der Waals surface area contributed by atoms with Gasteiger partial charge in [0.1, 0.15) is 0 Å². The molecule has 2 atom stereocenters. The summed E-state index contributed by atoms with van der Waals surface area (Å²) in [5.74, 6) is 0. The normalized spacial score (nSPS) is 24.6. The van der Waals surface area contributed by atoms with Gasteiger partial charge in [-0.05, 0) is 30.9 Å². The molecule has 1 heterocycles.